The van der Waals surface area contributed by atoms with Crippen molar-refractivity contribution in [1.82, 2.24) is 4.90 Å². The third-order valence-electron chi connectivity index (χ3n) is 3.67. The molecule has 1 spiro atoms. The third kappa shape index (κ3) is 3.85. The summed E-state index contributed by atoms with van der Waals surface area (Å²) < 4.78 is 32.6. The van der Waals surface area contributed by atoms with Gasteiger partial charge in [-0.15, -0.1) is 0 Å². The Bertz CT molecular complexity index is 487. The lowest BCUT2D eigenvalue weighted by molar-refractivity contribution is -0.0349. The molecule has 0 aromatic rings. The smallest absolute Gasteiger partial charge is 0.410 e. The van der Waals surface area contributed by atoms with Gasteiger partial charge in [-0.2, -0.15) is 8.42 Å². The van der Waals surface area contributed by atoms with E-state index < -0.39 is 15.7 Å². The lowest BCUT2D eigenvalue weighted by Gasteiger charge is -2.48. The van der Waals surface area contributed by atoms with Crippen LogP contribution in [0, 0.1) is 5.41 Å². The predicted molar refractivity (Wildman–Crippen MR) is 73.8 cm³/mol. The third-order valence-corrected chi connectivity index (χ3v) is 4.29. The molecule has 1 amide bonds. The molecule has 2 rings (SSSR count). The van der Waals surface area contributed by atoms with Crippen molar-refractivity contribution in [3.8, 4) is 0 Å². The number of ether oxygens (including phenoxy) is 1. The highest BCUT2D eigenvalue weighted by molar-refractivity contribution is 7.86. The molecular weight excluding hydrogens is 282 g/mol. The maximum Gasteiger partial charge on any atom is 0.410 e. The van der Waals surface area contributed by atoms with Gasteiger partial charge in [-0.3, -0.25) is 4.18 Å². The van der Waals surface area contributed by atoms with Gasteiger partial charge in [0.05, 0.1) is 12.4 Å². The number of carbonyl (C=O) groups excluding carboxylic acids is 1. The largest absolute Gasteiger partial charge is 0.444 e. The number of likely N-dealkylation sites (tertiary alicyclic amines) is 1. The lowest BCUT2D eigenvalue weighted by atomic mass is 9.78. The van der Waals surface area contributed by atoms with Gasteiger partial charge in [-0.25, -0.2) is 4.79 Å². The molecule has 0 aromatic carbocycles. The normalized spacial score (nSPS) is 25.6. The number of hydrogen-bond donors (Lipinski definition) is 0. The number of amides is 1. The van der Waals surface area contributed by atoms with Gasteiger partial charge in [0.1, 0.15) is 5.60 Å². The van der Waals surface area contributed by atoms with E-state index in [1.54, 1.807) is 4.90 Å². The van der Waals surface area contributed by atoms with E-state index in [1.165, 1.54) is 0 Å². The van der Waals surface area contributed by atoms with Crippen LogP contribution in [0.4, 0.5) is 4.79 Å². The molecule has 1 unspecified atom stereocenters. The SMILES string of the molecule is CC(C)(C)OC(=O)N1CC2(CCC(OS(C)(=O)=O)C2)C1. The van der Waals surface area contributed by atoms with Gasteiger partial charge in [-0.05, 0) is 40.0 Å². The lowest BCUT2D eigenvalue weighted by Crippen LogP contribution is -2.58. The van der Waals surface area contributed by atoms with Gasteiger partial charge >= 0.3 is 6.09 Å². The van der Waals surface area contributed by atoms with Crippen LogP contribution in [0.25, 0.3) is 0 Å². The summed E-state index contributed by atoms with van der Waals surface area (Å²) in [7, 11) is -3.40. The highest BCUT2D eigenvalue weighted by atomic mass is 32.2. The van der Waals surface area contributed by atoms with Crippen molar-refractivity contribution in [2.45, 2.75) is 51.7 Å². The molecule has 0 N–H and O–H groups in total. The first-order chi connectivity index (χ1) is 8.98. The first kappa shape index (κ1) is 15.6. The minimum absolute atomic E-state index is 0.0201. The van der Waals surface area contributed by atoms with Crippen LogP contribution >= 0.6 is 0 Å². The number of nitrogens with zero attached hydrogens (tertiary/aromatic N) is 1. The second kappa shape index (κ2) is 4.87. The average molecular weight is 305 g/mol. The van der Waals surface area contributed by atoms with Crippen molar-refractivity contribution in [2.24, 2.45) is 5.41 Å². The van der Waals surface area contributed by atoms with Crippen LogP contribution in [0.3, 0.4) is 0 Å². The Morgan fingerprint density at radius 1 is 1.30 bits per heavy atom. The molecule has 1 aliphatic carbocycles. The summed E-state index contributed by atoms with van der Waals surface area (Å²) in [6.45, 7) is 6.78. The van der Waals surface area contributed by atoms with Crippen molar-refractivity contribution in [1.29, 1.82) is 0 Å². The standard InChI is InChI=1S/C13H23NO5S/c1-12(2,3)18-11(15)14-8-13(9-14)6-5-10(7-13)19-20(4,16)17/h10H,5-9H2,1-4H3. The van der Waals surface area contributed by atoms with Crippen molar-refractivity contribution >= 4 is 16.2 Å². The highest BCUT2D eigenvalue weighted by Gasteiger charge is 2.51. The van der Waals surface area contributed by atoms with Crippen LogP contribution in [0.2, 0.25) is 0 Å². The van der Waals surface area contributed by atoms with Crippen molar-refractivity contribution < 1.29 is 22.1 Å². The molecule has 1 aliphatic heterocycles. The molecule has 2 fully saturated rings. The zero-order valence-electron chi connectivity index (χ0n) is 12.5. The van der Waals surface area contributed by atoms with Crippen molar-refractivity contribution in [2.75, 3.05) is 19.3 Å². The topological polar surface area (TPSA) is 72.9 Å². The van der Waals surface area contributed by atoms with E-state index in [-0.39, 0.29) is 17.6 Å². The molecule has 1 heterocycles. The van der Waals surface area contributed by atoms with E-state index in [9.17, 15) is 13.2 Å². The zero-order chi connectivity index (χ0) is 15.2. The summed E-state index contributed by atoms with van der Waals surface area (Å²) in [5, 5.41) is 0. The van der Waals surface area contributed by atoms with Gasteiger partial charge in [-0.1, -0.05) is 0 Å². The van der Waals surface area contributed by atoms with E-state index in [1.807, 2.05) is 20.8 Å². The van der Waals surface area contributed by atoms with Gasteiger partial charge in [0.2, 0.25) is 0 Å². The van der Waals surface area contributed by atoms with Crippen LogP contribution in [0.15, 0.2) is 0 Å². The molecule has 0 radical (unpaired) electrons. The number of rotatable bonds is 2. The summed E-state index contributed by atoms with van der Waals surface area (Å²) in [6.07, 6.45) is 2.86. The van der Waals surface area contributed by atoms with E-state index in [2.05, 4.69) is 0 Å². The second-order valence-corrected chi connectivity index (χ2v) is 8.60. The molecule has 20 heavy (non-hydrogen) atoms. The molecule has 6 nitrogen and oxygen atoms in total. The van der Waals surface area contributed by atoms with E-state index >= 15 is 0 Å². The summed E-state index contributed by atoms with van der Waals surface area (Å²) in [4.78, 5) is 13.5. The maximum atomic E-state index is 11.9. The molecule has 1 saturated heterocycles. The van der Waals surface area contributed by atoms with E-state index in [0.29, 0.717) is 19.5 Å². The maximum absolute atomic E-state index is 11.9. The number of hydrogen-bond acceptors (Lipinski definition) is 5. The zero-order valence-corrected chi connectivity index (χ0v) is 13.3. The second-order valence-electron chi connectivity index (χ2n) is 7.00. The summed E-state index contributed by atoms with van der Waals surface area (Å²) in [5.74, 6) is 0. The van der Waals surface area contributed by atoms with E-state index in [0.717, 1.165) is 19.1 Å². The van der Waals surface area contributed by atoms with Crippen LogP contribution in [-0.4, -0.2) is 50.5 Å². The van der Waals surface area contributed by atoms with Crippen molar-refractivity contribution in [3.05, 3.63) is 0 Å². The molecule has 1 atom stereocenters. The minimum atomic E-state index is -3.40. The Labute approximate surface area is 120 Å². The molecule has 116 valence electrons. The molecular formula is C13H23NO5S. The van der Waals surface area contributed by atoms with Crippen LogP contribution in [0.5, 0.6) is 0 Å². The Kier molecular flexibility index (Phi) is 3.79. The first-order valence-electron chi connectivity index (χ1n) is 6.84. The fraction of sp³-hybridized carbons (Fsp3) is 0.923. The fourth-order valence-electron chi connectivity index (χ4n) is 2.99. The molecule has 2 aliphatic rings. The van der Waals surface area contributed by atoms with Crippen molar-refractivity contribution in [3.63, 3.8) is 0 Å². The van der Waals surface area contributed by atoms with Gasteiger partial charge in [0.15, 0.2) is 0 Å². The van der Waals surface area contributed by atoms with Gasteiger partial charge < -0.3 is 9.64 Å². The van der Waals surface area contributed by atoms with Crippen LogP contribution in [0.1, 0.15) is 40.0 Å². The molecule has 1 saturated carbocycles. The first-order valence-corrected chi connectivity index (χ1v) is 8.66. The summed E-state index contributed by atoms with van der Waals surface area (Å²) >= 11 is 0. The van der Waals surface area contributed by atoms with Crippen LogP contribution < -0.4 is 0 Å². The Hall–Kier alpha value is -0.820. The Morgan fingerprint density at radius 2 is 1.90 bits per heavy atom. The highest BCUT2D eigenvalue weighted by Crippen LogP contribution is 2.47. The Morgan fingerprint density at radius 3 is 2.40 bits per heavy atom. The molecule has 0 aromatic heterocycles. The quantitative estimate of drug-likeness (QED) is 0.727. The summed E-state index contributed by atoms with van der Waals surface area (Å²) in [5.41, 5.74) is -0.469. The number of carbonyl (C=O) groups is 1. The Balaban J connectivity index is 1.83. The van der Waals surface area contributed by atoms with E-state index in [4.69, 9.17) is 8.92 Å². The fourth-order valence-corrected chi connectivity index (χ4v) is 3.65. The minimum Gasteiger partial charge on any atom is -0.444 e. The molecule has 7 heteroatoms. The van der Waals surface area contributed by atoms with Crippen LogP contribution in [-0.2, 0) is 19.0 Å². The predicted octanol–water partition coefficient (Wildman–Crippen LogP) is 1.75. The van der Waals surface area contributed by atoms with Gasteiger partial charge in [0, 0.05) is 18.5 Å². The monoisotopic (exact) mass is 305 g/mol. The summed E-state index contributed by atoms with van der Waals surface area (Å²) in [6, 6.07) is 0. The average Bonchev–Trinajstić information content (AvgIpc) is 2.53. The van der Waals surface area contributed by atoms with Gasteiger partial charge in [0.25, 0.3) is 10.1 Å². The molecule has 0 bridgehead atoms.